The zero-order valence-electron chi connectivity index (χ0n) is 28.8. The van der Waals surface area contributed by atoms with E-state index in [0.717, 1.165) is 29.7 Å². The molecule has 0 aromatic heterocycles. The van der Waals surface area contributed by atoms with Crippen LogP contribution in [0.4, 0.5) is 5.69 Å². The van der Waals surface area contributed by atoms with Crippen LogP contribution >= 0.6 is 15.9 Å². The Morgan fingerprint density at radius 3 is 2.48 bits per heavy atom. The van der Waals surface area contributed by atoms with Crippen molar-refractivity contribution >= 4 is 45.3 Å². The van der Waals surface area contributed by atoms with Crippen molar-refractivity contribution < 1.29 is 33.8 Å². The fourth-order valence-electron chi connectivity index (χ4n) is 7.94. The van der Waals surface area contributed by atoms with Crippen LogP contribution in [0.2, 0.25) is 0 Å². The molecule has 0 aliphatic carbocycles. The average Bonchev–Trinajstić information content (AvgIpc) is 3.69. The molecule has 4 aliphatic heterocycles. The molecule has 2 aromatic rings. The molecule has 50 heavy (non-hydrogen) atoms. The molecular weight excluding hydrogens is 702 g/mol. The molecule has 0 unspecified atom stereocenters. The van der Waals surface area contributed by atoms with Crippen LogP contribution in [0.15, 0.2) is 71.2 Å². The van der Waals surface area contributed by atoms with E-state index in [9.17, 15) is 19.5 Å². The lowest BCUT2D eigenvalue weighted by atomic mass is 9.74. The lowest BCUT2D eigenvalue weighted by Crippen LogP contribution is -2.56. The van der Waals surface area contributed by atoms with Crippen molar-refractivity contribution in [3.05, 3.63) is 87.9 Å². The molecule has 11 heteroatoms. The normalized spacial score (nSPS) is 30.6. The number of benzene rings is 2. The maximum atomic E-state index is 15.2. The van der Waals surface area contributed by atoms with E-state index in [4.69, 9.17) is 9.47 Å². The number of ether oxygens (including phenoxy) is 2. The van der Waals surface area contributed by atoms with Gasteiger partial charge in [0.25, 0.3) is 5.91 Å². The van der Waals surface area contributed by atoms with E-state index in [-0.39, 0.29) is 37.3 Å². The maximum Gasteiger partial charge on any atom is 0.313 e. The summed E-state index contributed by atoms with van der Waals surface area (Å²) in [4.78, 5) is 60.6. The van der Waals surface area contributed by atoms with E-state index < -0.39 is 47.7 Å². The summed E-state index contributed by atoms with van der Waals surface area (Å²) in [7, 11) is 0. The Morgan fingerprint density at radius 2 is 1.72 bits per heavy atom. The first-order valence-corrected chi connectivity index (χ1v) is 18.4. The van der Waals surface area contributed by atoms with Crippen LogP contribution in [0.1, 0.15) is 68.2 Å². The molecule has 10 nitrogen and oxygen atoms in total. The number of unbranched alkanes of at least 4 members (excludes halogenated alkanes) is 3. The average molecular weight is 749 g/mol. The standard InChI is InChI=1S/C39H46BrN3O7/c1-24-17-18-25(2)29(22-24)42-19-12-7-10-16-30(45)41-26(3)33(27-14-8-6-9-15-27)49-38(48)31-32-36(46)43(20-11-4-5-13-21-44)35(37(42)47)39(32)23-28(40)34(31)50-39/h6-9,12,14-15,17-18,22-23,26,31-35,44H,4-5,10-11,13,16,19-21H2,1-3H3,(H,41,45)/b12-7-/t26-,31+,32-,33+,34+,35+,39-/m1/s1. The highest BCUT2D eigenvalue weighted by atomic mass is 79.9. The number of nitrogens with one attached hydrogen (secondary N) is 1. The van der Waals surface area contributed by atoms with E-state index >= 15 is 4.79 Å². The number of carbonyl (C=O) groups is 4. The summed E-state index contributed by atoms with van der Waals surface area (Å²) in [6.45, 7) is 6.33. The van der Waals surface area contributed by atoms with Gasteiger partial charge in [-0.25, -0.2) is 0 Å². The van der Waals surface area contributed by atoms with Crippen LogP contribution in [0.3, 0.4) is 0 Å². The van der Waals surface area contributed by atoms with Gasteiger partial charge in [-0.05, 0) is 68.9 Å². The van der Waals surface area contributed by atoms with Gasteiger partial charge in [0.2, 0.25) is 11.8 Å². The van der Waals surface area contributed by atoms with Crippen LogP contribution in [0, 0.1) is 25.7 Å². The minimum Gasteiger partial charge on any atom is -0.455 e. The molecule has 2 saturated heterocycles. The molecule has 0 saturated carbocycles. The Morgan fingerprint density at radius 1 is 0.960 bits per heavy atom. The fourth-order valence-corrected chi connectivity index (χ4v) is 8.67. The molecule has 7 atom stereocenters. The number of amides is 3. The number of aryl methyl sites for hydroxylation is 2. The molecule has 4 aliphatic rings. The minimum atomic E-state index is -1.40. The number of likely N-dealkylation sites (tertiary alicyclic amines) is 1. The number of carbonyl (C=O) groups excluding carboxylic acids is 4. The Bertz CT molecular complexity index is 1680. The third-order valence-corrected chi connectivity index (χ3v) is 11.0. The van der Waals surface area contributed by atoms with E-state index in [1.165, 1.54) is 0 Å². The topological polar surface area (TPSA) is 125 Å². The van der Waals surface area contributed by atoms with Gasteiger partial charge in [-0.15, -0.1) is 0 Å². The van der Waals surface area contributed by atoms with Gasteiger partial charge in [-0.2, -0.15) is 0 Å². The molecule has 266 valence electrons. The number of halogens is 1. The quantitative estimate of drug-likeness (QED) is 0.216. The molecule has 1 spiro atoms. The number of anilines is 1. The third-order valence-electron chi connectivity index (χ3n) is 10.4. The number of aliphatic hydroxyl groups excluding tert-OH is 1. The van der Waals surface area contributed by atoms with Crippen molar-refractivity contribution in [2.75, 3.05) is 24.6 Å². The van der Waals surface area contributed by atoms with Gasteiger partial charge in [-0.3, -0.25) is 19.2 Å². The summed E-state index contributed by atoms with van der Waals surface area (Å²) in [5.74, 6) is -3.44. The van der Waals surface area contributed by atoms with Crippen LogP contribution in [0.25, 0.3) is 0 Å². The number of rotatable bonds is 8. The number of esters is 1. The molecule has 4 heterocycles. The Labute approximate surface area is 302 Å². The predicted molar refractivity (Wildman–Crippen MR) is 192 cm³/mol. The number of allylic oxidation sites excluding steroid dienone is 1. The zero-order valence-corrected chi connectivity index (χ0v) is 30.4. The van der Waals surface area contributed by atoms with Gasteiger partial charge in [0.05, 0.1) is 12.0 Å². The molecule has 0 radical (unpaired) electrons. The van der Waals surface area contributed by atoms with Gasteiger partial charge >= 0.3 is 5.97 Å². The largest absolute Gasteiger partial charge is 0.455 e. The fraction of sp³-hybridized carbons (Fsp3) is 0.487. The van der Waals surface area contributed by atoms with Crippen molar-refractivity contribution in [3.63, 3.8) is 0 Å². The first kappa shape index (κ1) is 36.0. The van der Waals surface area contributed by atoms with E-state index in [1.54, 1.807) is 16.7 Å². The number of hydrogen-bond donors (Lipinski definition) is 2. The highest BCUT2D eigenvalue weighted by Gasteiger charge is 2.75. The number of fused-ring (bicyclic) bond motifs is 2. The minimum absolute atomic E-state index is 0.0946. The number of aliphatic hydroxyl groups is 1. The van der Waals surface area contributed by atoms with E-state index in [0.29, 0.717) is 35.9 Å². The highest BCUT2D eigenvalue weighted by Crippen LogP contribution is 2.59. The lowest BCUT2D eigenvalue weighted by Gasteiger charge is -2.36. The van der Waals surface area contributed by atoms with E-state index in [2.05, 4.69) is 21.2 Å². The monoisotopic (exact) mass is 747 g/mol. The van der Waals surface area contributed by atoms with Crippen molar-refractivity contribution in [2.24, 2.45) is 11.8 Å². The molecule has 3 amide bonds. The first-order valence-electron chi connectivity index (χ1n) is 17.6. The third kappa shape index (κ3) is 6.79. The SMILES string of the molecule is Cc1ccc(C)c(N2C/C=C\CCC(=O)N[C@H](C)[C@@H](c3ccccc3)OC(=O)[C@@H]3[C@H]4O[C@@]5(C=C4Br)[C@H](C2=O)N(CCCCCCO)C(=O)[C@@H]35)c1. The Balaban J connectivity index is 1.45. The van der Waals surface area contributed by atoms with Crippen molar-refractivity contribution in [3.8, 4) is 0 Å². The van der Waals surface area contributed by atoms with Crippen LogP contribution in [0.5, 0.6) is 0 Å². The molecule has 2 aromatic carbocycles. The van der Waals surface area contributed by atoms with Crippen molar-refractivity contribution in [1.82, 2.24) is 10.2 Å². The predicted octanol–water partition coefficient (Wildman–Crippen LogP) is 5.20. The molecule has 2 fully saturated rings. The second-order valence-corrected chi connectivity index (χ2v) is 14.8. The Kier molecular flexibility index (Phi) is 11.0. The second kappa shape index (κ2) is 15.2. The van der Waals surface area contributed by atoms with Crippen molar-refractivity contribution in [1.29, 1.82) is 0 Å². The molecule has 5 bridgehead atoms. The van der Waals surface area contributed by atoms with Crippen LogP contribution in [-0.2, 0) is 28.7 Å². The smallest absolute Gasteiger partial charge is 0.313 e. The first-order chi connectivity index (χ1) is 24.1. The summed E-state index contributed by atoms with van der Waals surface area (Å²) < 4.78 is 13.6. The number of nitrogens with zero attached hydrogens (tertiary/aromatic N) is 2. The molecular formula is C39H46BrN3O7. The highest BCUT2D eigenvalue weighted by molar-refractivity contribution is 9.11. The van der Waals surface area contributed by atoms with Crippen molar-refractivity contribution in [2.45, 2.75) is 89.2 Å². The number of hydrogen-bond acceptors (Lipinski definition) is 7. The number of cyclic esters (lactones) is 1. The maximum absolute atomic E-state index is 15.2. The van der Waals surface area contributed by atoms with Gasteiger partial charge in [-0.1, -0.05) is 83.4 Å². The van der Waals surface area contributed by atoms with Crippen LogP contribution in [-0.4, -0.2) is 77.2 Å². The summed E-state index contributed by atoms with van der Waals surface area (Å²) in [6, 6.07) is 13.6. The Hall–Kier alpha value is -3.80. The summed E-state index contributed by atoms with van der Waals surface area (Å²) in [5.41, 5.74) is 1.90. The van der Waals surface area contributed by atoms with E-state index in [1.807, 2.05) is 80.6 Å². The molecule has 6 rings (SSSR count). The lowest BCUT2D eigenvalue weighted by molar-refractivity contribution is -0.161. The summed E-state index contributed by atoms with van der Waals surface area (Å²) >= 11 is 3.64. The van der Waals surface area contributed by atoms with Crippen LogP contribution < -0.4 is 10.2 Å². The second-order valence-electron chi connectivity index (χ2n) is 13.9. The summed E-state index contributed by atoms with van der Waals surface area (Å²) in [5, 5.41) is 12.3. The van der Waals surface area contributed by atoms with Gasteiger partial charge in [0, 0.05) is 36.3 Å². The molecule has 2 N–H and O–H groups in total. The van der Waals surface area contributed by atoms with Gasteiger partial charge < -0.3 is 29.7 Å². The van der Waals surface area contributed by atoms with Gasteiger partial charge in [0.1, 0.15) is 29.8 Å². The summed E-state index contributed by atoms with van der Waals surface area (Å²) in [6.07, 6.45) is 7.47. The zero-order chi connectivity index (χ0) is 35.6. The van der Waals surface area contributed by atoms with Gasteiger partial charge in [0.15, 0.2) is 0 Å².